The average molecular weight is 1790 g/mol. The lowest BCUT2D eigenvalue weighted by Crippen LogP contribution is -2.25. The second kappa shape index (κ2) is 33.4. The Hall–Kier alpha value is -10.4. The van der Waals surface area contributed by atoms with Gasteiger partial charge >= 0.3 is 0 Å². The molecule has 0 aliphatic heterocycles. The molecule has 0 radical (unpaired) electrons. The molecule has 0 spiro atoms. The van der Waals surface area contributed by atoms with Gasteiger partial charge in [0.15, 0.2) is 0 Å². The van der Waals surface area contributed by atoms with Crippen molar-refractivity contribution in [3.8, 4) is 106 Å². The van der Waals surface area contributed by atoms with Gasteiger partial charge in [-0.3, -0.25) is 0 Å². The van der Waals surface area contributed by atoms with Gasteiger partial charge < -0.3 is 0 Å². The molecule has 0 saturated heterocycles. The zero-order valence-electron chi connectivity index (χ0n) is 75.5. The maximum Gasteiger partial charge on any atom is 0.0535 e. The maximum absolute atomic E-state index is 2.75. The summed E-state index contributed by atoms with van der Waals surface area (Å²) in [5, 5.41) is 42.7. The summed E-state index contributed by atoms with van der Waals surface area (Å²) in [7, 11) is 0. The minimum atomic E-state index is -0.132. The van der Waals surface area contributed by atoms with Crippen LogP contribution in [0.15, 0.2) is 252 Å². The number of rotatable bonds is 36. The number of hydrogen-bond donors (Lipinski definition) is 0. The van der Waals surface area contributed by atoms with Crippen LogP contribution in [0.5, 0.6) is 0 Å². The molecule has 17 aromatic carbocycles. The summed E-state index contributed by atoms with van der Waals surface area (Å²) in [4.78, 5) is 10.9. The van der Waals surface area contributed by atoms with Gasteiger partial charge in [0.1, 0.15) is 0 Å². The minimum Gasteiger partial charge on any atom is -0.144 e. The van der Waals surface area contributed by atoms with Crippen LogP contribution in [0.1, 0.15) is 230 Å². The molecule has 0 saturated carbocycles. The molecular formula is C124H110S6. The zero-order valence-corrected chi connectivity index (χ0v) is 80.4. The molecule has 0 unspecified atom stereocenters. The zero-order chi connectivity index (χ0) is 86.5. The third-order valence-electron chi connectivity index (χ3n) is 31.6. The van der Waals surface area contributed by atoms with Crippen molar-refractivity contribution in [1.29, 1.82) is 0 Å². The Kier molecular flexibility index (Phi) is 21.0. The quantitative estimate of drug-likeness (QED) is 0.0209. The maximum atomic E-state index is 2.75. The molecule has 2 aliphatic rings. The summed E-state index contributed by atoms with van der Waals surface area (Å²) in [5.74, 6) is 0. The van der Waals surface area contributed by atoms with E-state index in [2.05, 4.69) is 280 Å². The smallest absolute Gasteiger partial charge is 0.0535 e. The number of thiophene rings is 6. The molecule has 0 atom stereocenters. The second-order valence-corrected chi connectivity index (χ2v) is 44.8. The van der Waals surface area contributed by atoms with Crippen molar-refractivity contribution >= 4 is 197 Å². The lowest BCUT2D eigenvalue weighted by atomic mass is 9.70. The van der Waals surface area contributed by atoms with E-state index in [1.165, 1.54) is 389 Å². The normalized spacial score (nSPS) is 13.8. The van der Waals surface area contributed by atoms with Crippen LogP contribution in [0, 0.1) is 0 Å². The lowest BCUT2D eigenvalue weighted by Gasteiger charge is -2.33. The van der Waals surface area contributed by atoms with Crippen LogP contribution in [-0.4, -0.2) is 0 Å². The van der Waals surface area contributed by atoms with E-state index in [1.807, 2.05) is 68.0 Å². The third-order valence-corrected chi connectivity index (χ3v) is 37.9. The van der Waals surface area contributed by atoms with E-state index < -0.39 is 0 Å². The summed E-state index contributed by atoms with van der Waals surface area (Å²) in [6.45, 7) is 9.44. The molecule has 23 aromatic rings. The molecule has 6 heterocycles. The molecule has 6 heteroatoms. The molecule has 130 heavy (non-hydrogen) atoms. The first-order valence-electron chi connectivity index (χ1n) is 49.5. The van der Waals surface area contributed by atoms with E-state index in [-0.39, 0.29) is 10.8 Å². The standard InChI is InChI=1S/C124H110S6/c1-5-9-13-17-21-25-57-123(58-26-22-18-14-10-6-2)99-69-75(49-53-81(99)83-55-51-77(71-101(83)123)107-73-97(103-45-33-61-125-103)121(129-107)105-47-35-63-127-105)79-65-93-89-41-29-37-85-87-39-31-43-91-95-67-80(68-96-92-44-32-40-88-86-38-30-42-90-94(66-79)113(93)119-115(109(85)89)117(111(87)91)120(114(95)96)118(112(88)92)116(119)110(86)90)76-50-54-82-84-56-52-78(108-74-98(104-46-34-62-126-104)122(130-108)106-48-36-64-128-106)72-102(84)124(100(82)70-76,59-27-23-19-15-11-7-3)60-28-24-20-16-12-8-4/h29-56,61-74H,5-28,57-60H2,1-4H3. The van der Waals surface area contributed by atoms with Crippen molar-refractivity contribution in [2.45, 2.75) is 218 Å². The van der Waals surface area contributed by atoms with Crippen LogP contribution >= 0.6 is 68.0 Å². The van der Waals surface area contributed by atoms with Gasteiger partial charge in [0, 0.05) is 51.2 Å². The highest BCUT2D eigenvalue weighted by Gasteiger charge is 2.46. The molecule has 0 bridgehead atoms. The van der Waals surface area contributed by atoms with Crippen LogP contribution in [0.3, 0.4) is 0 Å². The first-order valence-corrected chi connectivity index (χ1v) is 54.7. The SMILES string of the molecule is CCCCCCCCC1(CCCCCCCC)c2cc(-c3cc4c5cccc6c7cccc8c9cc(-c%10ccc%11c(c%10)C(CCCCCCCC)(CCCCCCCC)c%10cc(-c%12cc(-c%13cccs%13)c(-c%13cccs%13)s%12)ccc%10-%11)cc%10c%11cccc%12c%13cccc%14c(c3)c4c3c(c65)c(c78)c(c9%10)c(c%12%11)c3c%13%14)ccc2-c2ccc(-c3cc(-c4cccs4)c(-c4cccs4)s3)cc21. The van der Waals surface area contributed by atoms with Crippen molar-refractivity contribution in [1.82, 2.24) is 0 Å². The Morgan fingerprint density at radius 1 is 0.185 bits per heavy atom. The van der Waals surface area contributed by atoms with E-state index in [1.54, 1.807) is 22.3 Å². The number of unbranched alkanes of at least 4 members (excludes halogenated alkanes) is 20. The highest BCUT2D eigenvalue weighted by molar-refractivity contribution is 7.25. The highest BCUT2D eigenvalue weighted by Crippen LogP contribution is 2.65. The van der Waals surface area contributed by atoms with Gasteiger partial charge in [0.2, 0.25) is 0 Å². The largest absolute Gasteiger partial charge is 0.144 e. The predicted molar refractivity (Wildman–Crippen MR) is 579 cm³/mol. The van der Waals surface area contributed by atoms with Gasteiger partial charge in [0.05, 0.1) is 9.75 Å². The van der Waals surface area contributed by atoms with Crippen LogP contribution in [0.2, 0.25) is 0 Å². The molecule has 0 amide bonds. The Balaban J connectivity index is 0.677. The minimum absolute atomic E-state index is 0.132. The fraction of sp³-hybridized carbons (Fsp3) is 0.274. The molecule has 25 rings (SSSR count). The molecule has 0 fully saturated rings. The lowest BCUT2D eigenvalue weighted by molar-refractivity contribution is 0.398. The first kappa shape index (κ1) is 81.6. The molecule has 0 N–H and O–H groups in total. The molecule has 642 valence electrons. The average Bonchev–Trinajstić information content (AvgIpc) is 0.911. The van der Waals surface area contributed by atoms with Crippen molar-refractivity contribution in [2.24, 2.45) is 0 Å². The van der Waals surface area contributed by atoms with Gasteiger partial charge in [-0.25, -0.2) is 0 Å². The molecular weight excluding hydrogens is 1680 g/mol. The second-order valence-electron chi connectivity index (χ2n) is 38.9. The van der Waals surface area contributed by atoms with Gasteiger partial charge in [-0.2, -0.15) is 0 Å². The first-order chi connectivity index (χ1) is 64.3. The van der Waals surface area contributed by atoms with Crippen molar-refractivity contribution < 1.29 is 0 Å². The summed E-state index contributed by atoms with van der Waals surface area (Å²) < 4.78 is 0. The van der Waals surface area contributed by atoms with Gasteiger partial charge in [-0.05, 0) is 339 Å². The number of hydrogen-bond acceptors (Lipinski definition) is 6. The van der Waals surface area contributed by atoms with Crippen LogP contribution in [0.25, 0.3) is 235 Å². The number of fused-ring (bicyclic) bond motifs is 12. The molecule has 6 aromatic heterocycles. The van der Waals surface area contributed by atoms with E-state index in [0.29, 0.717) is 0 Å². The number of benzene rings is 17. The summed E-state index contributed by atoms with van der Waals surface area (Å²) in [5.41, 5.74) is 22.5. The van der Waals surface area contributed by atoms with Crippen LogP contribution < -0.4 is 0 Å². The predicted octanol–water partition coefficient (Wildman–Crippen LogP) is 41.4. The fourth-order valence-corrected chi connectivity index (χ4v) is 31.3. The van der Waals surface area contributed by atoms with E-state index in [4.69, 9.17) is 0 Å². The van der Waals surface area contributed by atoms with Crippen LogP contribution in [0.4, 0.5) is 0 Å². The highest BCUT2D eigenvalue weighted by atomic mass is 32.1. The molecule has 0 nitrogen and oxygen atoms in total. The Morgan fingerprint density at radius 3 is 0.708 bits per heavy atom. The summed E-state index contributed by atoms with van der Waals surface area (Å²) in [6.07, 6.45) is 35.6. The van der Waals surface area contributed by atoms with Crippen molar-refractivity contribution in [3.05, 3.63) is 274 Å². The molecule has 2 aliphatic carbocycles. The van der Waals surface area contributed by atoms with Gasteiger partial charge in [-0.15, -0.1) is 68.0 Å². The Bertz CT molecular complexity index is 7270. The van der Waals surface area contributed by atoms with E-state index >= 15 is 0 Å². The summed E-state index contributed by atoms with van der Waals surface area (Å²) in [6, 6.07) is 94.9. The van der Waals surface area contributed by atoms with Crippen molar-refractivity contribution in [2.75, 3.05) is 0 Å². The van der Waals surface area contributed by atoms with E-state index in [0.717, 1.165) is 25.7 Å². The topological polar surface area (TPSA) is 0 Å². The summed E-state index contributed by atoms with van der Waals surface area (Å²) >= 11 is 11.4. The van der Waals surface area contributed by atoms with Gasteiger partial charge in [-0.1, -0.05) is 327 Å². The third kappa shape index (κ3) is 12.8. The van der Waals surface area contributed by atoms with Gasteiger partial charge in [0.25, 0.3) is 0 Å². The van der Waals surface area contributed by atoms with E-state index in [9.17, 15) is 0 Å². The fourth-order valence-electron chi connectivity index (χ4n) is 25.6. The Labute approximate surface area is 788 Å². The van der Waals surface area contributed by atoms with Crippen molar-refractivity contribution in [3.63, 3.8) is 0 Å². The van der Waals surface area contributed by atoms with Crippen LogP contribution in [-0.2, 0) is 10.8 Å². The Morgan fingerprint density at radius 2 is 0.431 bits per heavy atom. The monoisotopic (exact) mass is 1790 g/mol.